The van der Waals surface area contributed by atoms with Crippen molar-refractivity contribution in [2.24, 2.45) is 0 Å². The third-order valence-corrected chi connectivity index (χ3v) is 5.30. The molecule has 0 radical (unpaired) electrons. The van der Waals surface area contributed by atoms with E-state index in [1.54, 1.807) is 0 Å². The van der Waals surface area contributed by atoms with Crippen LogP contribution in [-0.4, -0.2) is 55.1 Å². The van der Waals surface area contributed by atoms with Gasteiger partial charge in [-0.2, -0.15) is 0 Å². The summed E-state index contributed by atoms with van der Waals surface area (Å²) in [7, 11) is 0. The van der Waals surface area contributed by atoms with E-state index < -0.39 is 0 Å². The van der Waals surface area contributed by atoms with Gasteiger partial charge in [0.15, 0.2) is 0 Å². The minimum atomic E-state index is 0.0396. The van der Waals surface area contributed by atoms with E-state index in [0.29, 0.717) is 6.54 Å². The third-order valence-electron chi connectivity index (χ3n) is 5.30. The number of benzene rings is 1. The van der Waals surface area contributed by atoms with Crippen LogP contribution in [0.3, 0.4) is 0 Å². The van der Waals surface area contributed by atoms with Gasteiger partial charge in [-0.05, 0) is 43.2 Å². The molecule has 1 aromatic carbocycles. The Morgan fingerprint density at radius 2 is 1.85 bits per heavy atom. The Morgan fingerprint density at radius 3 is 2.65 bits per heavy atom. The fourth-order valence-electron chi connectivity index (χ4n) is 3.86. The molecule has 2 aromatic rings. The first kappa shape index (κ1) is 16.9. The molecule has 1 amide bonds. The second-order valence-corrected chi connectivity index (χ2v) is 6.98. The molecule has 3 heterocycles. The molecule has 2 N–H and O–H groups in total. The minimum Gasteiger partial charge on any atom is -0.369 e. The van der Waals surface area contributed by atoms with Crippen LogP contribution >= 0.6 is 0 Å². The van der Waals surface area contributed by atoms with Gasteiger partial charge in [-0.15, -0.1) is 0 Å². The number of amides is 1. The van der Waals surface area contributed by atoms with Crippen LogP contribution < -0.4 is 10.2 Å². The molecular weight excluding hydrogens is 324 g/mol. The molecule has 0 bridgehead atoms. The van der Waals surface area contributed by atoms with Crippen LogP contribution in [-0.2, 0) is 6.42 Å². The first-order chi connectivity index (χ1) is 12.8. The molecule has 2 aliphatic heterocycles. The maximum atomic E-state index is 12.2. The number of nitrogens with zero attached hydrogens (tertiary/aromatic N) is 2. The van der Waals surface area contributed by atoms with Crippen molar-refractivity contribution in [1.82, 2.24) is 15.2 Å². The zero-order valence-corrected chi connectivity index (χ0v) is 15.1. The summed E-state index contributed by atoms with van der Waals surface area (Å²) >= 11 is 0. The molecular formula is C21H26N4O. The maximum absolute atomic E-state index is 12.2. The number of nitrogens with one attached hydrogen (secondary N) is 2. The average molecular weight is 350 g/mol. The molecule has 0 unspecified atom stereocenters. The number of aryl methyl sites for hydroxylation is 1. The Morgan fingerprint density at radius 1 is 1.04 bits per heavy atom. The van der Waals surface area contributed by atoms with Crippen LogP contribution in [0.1, 0.15) is 28.0 Å². The fraction of sp³-hybridized carbons (Fsp3) is 0.381. The number of hydrogen-bond acceptors (Lipinski definition) is 3. The predicted molar refractivity (Wildman–Crippen MR) is 106 cm³/mol. The lowest BCUT2D eigenvalue weighted by molar-refractivity contribution is 0.0958. The fourth-order valence-corrected chi connectivity index (χ4v) is 3.86. The van der Waals surface area contributed by atoms with Gasteiger partial charge in [-0.1, -0.05) is 24.3 Å². The van der Waals surface area contributed by atoms with Crippen LogP contribution in [0, 0.1) is 0 Å². The largest absolute Gasteiger partial charge is 0.369 e. The summed E-state index contributed by atoms with van der Waals surface area (Å²) < 4.78 is 0. The summed E-state index contributed by atoms with van der Waals surface area (Å²) in [6.45, 7) is 6.05. The second kappa shape index (κ2) is 7.79. The number of rotatable bonds is 5. The van der Waals surface area contributed by atoms with E-state index >= 15 is 0 Å². The molecule has 136 valence electrons. The van der Waals surface area contributed by atoms with Gasteiger partial charge in [0.25, 0.3) is 5.91 Å². The zero-order chi connectivity index (χ0) is 17.8. The quantitative estimate of drug-likeness (QED) is 0.871. The Hall–Kier alpha value is -2.53. The van der Waals surface area contributed by atoms with Crippen molar-refractivity contribution >= 4 is 17.7 Å². The normalized spacial score (nSPS) is 17.7. The van der Waals surface area contributed by atoms with Crippen molar-refractivity contribution in [2.75, 3.05) is 44.2 Å². The summed E-state index contributed by atoms with van der Waals surface area (Å²) in [5.41, 5.74) is 4.22. The highest BCUT2D eigenvalue weighted by atomic mass is 16.1. The van der Waals surface area contributed by atoms with E-state index in [0.717, 1.165) is 62.4 Å². The first-order valence-corrected chi connectivity index (χ1v) is 9.48. The van der Waals surface area contributed by atoms with E-state index in [2.05, 4.69) is 50.4 Å². The van der Waals surface area contributed by atoms with Crippen molar-refractivity contribution in [1.29, 1.82) is 0 Å². The number of aromatic amines is 1. The molecule has 0 spiro atoms. The highest BCUT2D eigenvalue weighted by Gasteiger charge is 2.20. The molecule has 2 aliphatic rings. The number of para-hydroxylation sites is 1. The second-order valence-electron chi connectivity index (χ2n) is 6.98. The molecule has 1 fully saturated rings. The Balaban J connectivity index is 1.27. The predicted octanol–water partition coefficient (Wildman–Crippen LogP) is 2.53. The monoisotopic (exact) mass is 350 g/mol. The number of H-pyrrole nitrogens is 1. The van der Waals surface area contributed by atoms with Crippen molar-refractivity contribution in [3.63, 3.8) is 0 Å². The van der Waals surface area contributed by atoms with Gasteiger partial charge < -0.3 is 15.2 Å². The highest BCUT2D eigenvalue weighted by Crippen LogP contribution is 2.20. The number of hydrogen-bond donors (Lipinski definition) is 2. The van der Waals surface area contributed by atoms with Gasteiger partial charge >= 0.3 is 0 Å². The van der Waals surface area contributed by atoms with Gasteiger partial charge in [0, 0.05) is 44.6 Å². The molecule has 5 heteroatoms. The number of carbonyl (C=O) groups is 1. The maximum Gasteiger partial charge on any atom is 0.253 e. The van der Waals surface area contributed by atoms with E-state index in [1.807, 2.05) is 18.3 Å². The number of piperazine rings is 1. The summed E-state index contributed by atoms with van der Waals surface area (Å²) in [6, 6.07) is 10.6. The van der Waals surface area contributed by atoms with Crippen molar-refractivity contribution in [3.8, 4) is 0 Å². The first-order valence-electron chi connectivity index (χ1n) is 9.48. The zero-order valence-electron chi connectivity index (χ0n) is 15.1. The van der Waals surface area contributed by atoms with Crippen molar-refractivity contribution in [3.05, 3.63) is 59.4 Å². The summed E-state index contributed by atoms with van der Waals surface area (Å²) in [5, 5.41) is 2.93. The van der Waals surface area contributed by atoms with E-state index in [9.17, 15) is 4.79 Å². The lowest BCUT2D eigenvalue weighted by Crippen LogP contribution is -2.46. The molecule has 1 aromatic heterocycles. The third kappa shape index (κ3) is 3.68. The molecule has 0 atom stereocenters. The van der Waals surface area contributed by atoms with Crippen LogP contribution in [0.15, 0.2) is 42.6 Å². The Bertz CT molecular complexity index is 773. The van der Waals surface area contributed by atoms with E-state index in [-0.39, 0.29) is 5.91 Å². The van der Waals surface area contributed by atoms with Crippen LogP contribution in [0.4, 0.5) is 5.69 Å². The number of anilines is 1. The van der Waals surface area contributed by atoms with Crippen LogP contribution in [0.5, 0.6) is 0 Å². The molecule has 26 heavy (non-hydrogen) atoms. The summed E-state index contributed by atoms with van der Waals surface area (Å²) in [6.07, 6.45) is 7.99. The molecule has 5 nitrogen and oxygen atoms in total. The van der Waals surface area contributed by atoms with E-state index in [4.69, 9.17) is 0 Å². The summed E-state index contributed by atoms with van der Waals surface area (Å²) in [5.74, 6) is 0.0396. The molecule has 0 aliphatic carbocycles. The number of aromatic nitrogens is 1. The molecule has 0 saturated carbocycles. The Labute approximate surface area is 154 Å². The highest BCUT2D eigenvalue weighted by molar-refractivity contribution is 5.99. The smallest absolute Gasteiger partial charge is 0.253 e. The topological polar surface area (TPSA) is 51.4 Å². The van der Waals surface area contributed by atoms with Gasteiger partial charge in [0.1, 0.15) is 0 Å². The summed E-state index contributed by atoms with van der Waals surface area (Å²) in [4.78, 5) is 20.5. The minimum absolute atomic E-state index is 0.0396. The van der Waals surface area contributed by atoms with Crippen LogP contribution in [0.2, 0.25) is 0 Å². The molecule has 1 saturated heterocycles. The standard InChI is InChI=1S/C21H26N4O/c26-21-20-17(16-23-19(20)9-4-10-22-21)6-5-11-24-12-14-25(15-13-24)18-7-2-1-3-8-18/h1-4,7-9,16,23H,5-6,10-15H2,(H,22,26). The van der Waals surface area contributed by atoms with Crippen molar-refractivity contribution in [2.45, 2.75) is 12.8 Å². The molecule has 4 rings (SSSR count). The lowest BCUT2D eigenvalue weighted by atomic mass is 10.1. The van der Waals surface area contributed by atoms with Gasteiger partial charge in [-0.25, -0.2) is 0 Å². The Kier molecular flexibility index (Phi) is 5.07. The van der Waals surface area contributed by atoms with Crippen LogP contribution in [0.25, 0.3) is 6.08 Å². The average Bonchev–Trinajstić information content (AvgIpc) is 3.00. The van der Waals surface area contributed by atoms with Crippen molar-refractivity contribution < 1.29 is 4.79 Å². The van der Waals surface area contributed by atoms with E-state index in [1.165, 1.54) is 5.69 Å². The van der Waals surface area contributed by atoms with Gasteiger partial charge in [0.05, 0.1) is 11.3 Å². The van der Waals surface area contributed by atoms with Gasteiger partial charge in [0.2, 0.25) is 0 Å². The number of carbonyl (C=O) groups excluding carboxylic acids is 1. The lowest BCUT2D eigenvalue weighted by Gasteiger charge is -2.36. The van der Waals surface area contributed by atoms with Gasteiger partial charge in [-0.3, -0.25) is 9.69 Å². The number of fused-ring (bicyclic) bond motifs is 1. The SMILES string of the molecule is O=C1NCC=Cc2[nH]cc(CCCN3CCN(c4ccccc4)CC3)c21.